The lowest BCUT2D eigenvalue weighted by molar-refractivity contribution is -0.121. The Kier molecular flexibility index (Phi) is 6.97. The van der Waals surface area contributed by atoms with E-state index in [0.717, 1.165) is 25.9 Å². The summed E-state index contributed by atoms with van der Waals surface area (Å²) in [6.45, 7) is 3.56. The normalized spacial score (nSPS) is 11.9. The average Bonchev–Trinajstić information content (AvgIpc) is 2.42. The summed E-state index contributed by atoms with van der Waals surface area (Å²) in [6, 6.07) is 10.3. The zero-order chi connectivity index (χ0) is 14.1. The van der Waals surface area contributed by atoms with Crippen LogP contribution in [0.2, 0.25) is 0 Å². The predicted molar refractivity (Wildman–Crippen MR) is 80.2 cm³/mol. The lowest BCUT2D eigenvalue weighted by Crippen LogP contribution is -2.29. The molecule has 0 radical (unpaired) electrons. The molecule has 1 aromatic carbocycles. The molecule has 1 unspecified atom stereocenters. The number of amides is 1. The number of anilines is 1. The zero-order valence-electron chi connectivity index (χ0n) is 11.9. The van der Waals surface area contributed by atoms with Crippen LogP contribution in [-0.4, -0.2) is 32.1 Å². The van der Waals surface area contributed by atoms with Crippen molar-refractivity contribution in [3.63, 3.8) is 0 Å². The monoisotopic (exact) mass is 263 g/mol. The maximum Gasteiger partial charge on any atom is 0.220 e. The maximum absolute atomic E-state index is 11.5. The first-order chi connectivity index (χ1) is 9.09. The number of nitrogens with two attached hydrogens (primary N) is 1. The van der Waals surface area contributed by atoms with Crippen LogP contribution in [0.4, 0.5) is 5.69 Å². The summed E-state index contributed by atoms with van der Waals surface area (Å²) in [5, 5.41) is 2.92. The number of hydrogen-bond donors (Lipinski definition) is 2. The minimum absolute atomic E-state index is 0.0926. The van der Waals surface area contributed by atoms with Gasteiger partial charge in [0, 0.05) is 38.3 Å². The molecule has 0 aliphatic rings. The first-order valence-corrected chi connectivity index (χ1v) is 6.88. The van der Waals surface area contributed by atoms with E-state index in [2.05, 4.69) is 29.4 Å². The molecule has 0 aliphatic heterocycles. The van der Waals surface area contributed by atoms with E-state index in [1.165, 1.54) is 5.69 Å². The number of benzene rings is 1. The molecule has 4 nitrogen and oxygen atoms in total. The van der Waals surface area contributed by atoms with Crippen molar-refractivity contribution >= 4 is 11.6 Å². The molecule has 1 aromatic rings. The highest BCUT2D eigenvalue weighted by atomic mass is 16.1. The second kappa shape index (κ2) is 8.53. The van der Waals surface area contributed by atoms with Crippen molar-refractivity contribution in [1.29, 1.82) is 0 Å². The fraction of sp³-hybridized carbons (Fsp3) is 0.533. The van der Waals surface area contributed by atoms with Gasteiger partial charge in [-0.15, -0.1) is 0 Å². The third-order valence-electron chi connectivity index (χ3n) is 3.02. The molecule has 0 saturated heterocycles. The van der Waals surface area contributed by atoms with E-state index in [-0.39, 0.29) is 11.9 Å². The summed E-state index contributed by atoms with van der Waals surface area (Å²) in [5.41, 5.74) is 6.81. The Morgan fingerprint density at radius 2 is 2.05 bits per heavy atom. The highest BCUT2D eigenvalue weighted by Crippen LogP contribution is 2.10. The van der Waals surface area contributed by atoms with Crippen LogP contribution in [-0.2, 0) is 4.79 Å². The number of hydrogen-bond acceptors (Lipinski definition) is 3. The number of nitrogens with one attached hydrogen (secondary N) is 1. The fourth-order valence-electron chi connectivity index (χ4n) is 1.80. The maximum atomic E-state index is 11.5. The standard InChI is InChI=1S/C15H25N3O/c1-13(16)9-10-15(19)17-11-6-12-18(2)14-7-4-3-5-8-14/h3-5,7-8,13H,6,9-12,16H2,1-2H3,(H,17,19). The van der Waals surface area contributed by atoms with E-state index in [4.69, 9.17) is 5.73 Å². The molecule has 1 rings (SSSR count). The molecule has 3 N–H and O–H groups in total. The Balaban J connectivity index is 2.12. The molecule has 0 aliphatic carbocycles. The van der Waals surface area contributed by atoms with Crippen LogP contribution in [0, 0.1) is 0 Å². The molecule has 0 saturated carbocycles. The van der Waals surface area contributed by atoms with E-state index in [1.807, 2.05) is 25.1 Å². The minimum atomic E-state index is 0.0926. The van der Waals surface area contributed by atoms with E-state index in [9.17, 15) is 4.79 Å². The summed E-state index contributed by atoms with van der Waals surface area (Å²) < 4.78 is 0. The first-order valence-electron chi connectivity index (χ1n) is 6.88. The predicted octanol–water partition coefficient (Wildman–Crippen LogP) is 1.76. The van der Waals surface area contributed by atoms with Crippen LogP contribution in [0.5, 0.6) is 0 Å². The molecule has 19 heavy (non-hydrogen) atoms. The van der Waals surface area contributed by atoms with Crippen LogP contribution in [0.1, 0.15) is 26.2 Å². The smallest absolute Gasteiger partial charge is 0.220 e. The van der Waals surface area contributed by atoms with Gasteiger partial charge in [-0.25, -0.2) is 0 Å². The zero-order valence-corrected chi connectivity index (χ0v) is 11.9. The topological polar surface area (TPSA) is 58.4 Å². The Labute approximate surface area is 116 Å². The van der Waals surface area contributed by atoms with Crippen molar-refractivity contribution in [2.45, 2.75) is 32.2 Å². The second-order valence-corrected chi connectivity index (χ2v) is 4.98. The quantitative estimate of drug-likeness (QED) is 0.703. The first kappa shape index (κ1) is 15.5. The summed E-state index contributed by atoms with van der Waals surface area (Å²) in [7, 11) is 2.06. The largest absolute Gasteiger partial charge is 0.375 e. The molecule has 106 valence electrons. The molecule has 0 bridgehead atoms. The molecule has 1 amide bonds. The number of carbonyl (C=O) groups excluding carboxylic acids is 1. The van der Waals surface area contributed by atoms with Gasteiger partial charge in [-0.3, -0.25) is 4.79 Å². The van der Waals surface area contributed by atoms with Crippen molar-refractivity contribution in [1.82, 2.24) is 5.32 Å². The SMILES string of the molecule is CC(N)CCC(=O)NCCCN(C)c1ccccc1. The van der Waals surface area contributed by atoms with Crippen molar-refractivity contribution in [3.8, 4) is 0 Å². The van der Waals surface area contributed by atoms with Crippen molar-refractivity contribution in [3.05, 3.63) is 30.3 Å². The number of carbonyl (C=O) groups is 1. The van der Waals surface area contributed by atoms with E-state index < -0.39 is 0 Å². The van der Waals surface area contributed by atoms with E-state index in [1.54, 1.807) is 0 Å². The van der Waals surface area contributed by atoms with Gasteiger partial charge >= 0.3 is 0 Å². The number of nitrogens with zero attached hydrogens (tertiary/aromatic N) is 1. The van der Waals surface area contributed by atoms with Gasteiger partial charge in [0.05, 0.1) is 0 Å². The molecule has 0 spiro atoms. The van der Waals surface area contributed by atoms with Crippen molar-refractivity contribution in [2.24, 2.45) is 5.73 Å². The average molecular weight is 263 g/mol. The van der Waals surface area contributed by atoms with E-state index in [0.29, 0.717) is 6.42 Å². The van der Waals surface area contributed by atoms with Gasteiger partial charge in [0.2, 0.25) is 5.91 Å². The Hall–Kier alpha value is -1.55. The highest BCUT2D eigenvalue weighted by molar-refractivity contribution is 5.75. The lowest BCUT2D eigenvalue weighted by Gasteiger charge is -2.19. The van der Waals surface area contributed by atoms with Crippen LogP contribution in [0.15, 0.2) is 30.3 Å². The van der Waals surface area contributed by atoms with Crippen molar-refractivity contribution < 1.29 is 4.79 Å². The second-order valence-electron chi connectivity index (χ2n) is 4.98. The third-order valence-corrected chi connectivity index (χ3v) is 3.02. The van der Waals surface area contributed by atoms with E-state index >= 15 is 0 Å². The molecule has 0 aromatic heterocycles. The van der Waals surface area contributed by atoms with Gasteiger partial charge in [0.1, 0.15) is 0 Å². The van der Waals surface area contributed by atoms with Gasteiger partial charge in [0.25, 0.3) is 0 Å². The lowest BCUT2D eigenvalue weighted by atomic mass is 10.2. The van der Waals surface area contributed by atoms with Gasteiger partial charge < -0.3 is 16.0 Å². The molecular formula is C15H25N3O. The highest BCUT2D eigenvalue weighted by Gasteiger charge is 2.03. The van der Waals surface area contributed by atoms with Crippen LogP contribution in [0.25, 0.3) is 0 Å². The van der Waals surface area contributed by atoms with Crippen LogP contribution < -0.4 is 16.0 Å². The Morgan fingerprint density at radius 1 is 1.37 bits per heavy atom. The Morgan fingerprint density at radius 3 is 2.68 bits per heavy atom. The summed E-state index contributed by atoms with van der Waals surface area (Å²) in [5.74, 6) is 0.0969. The van der Waals surface area contributed by atoms with Crippen LogP contribution in [0.3, 0.4) is 0 Å². The van der Waals surface area contributed by atoms with Gasteiger partial charge in [-0.05, 0) is 31.9 Å². The Bertz CT molecular complexity index is 365. The third kappa shape index (κ3) is 6.82. The van der Waals surface area contributed by atoms with Gasteiger partial charge in [-0.1, -0.05) is 18.2 Å². The van der Waals surface area contributed by atoms with Crippen molar-refractivity contribution in [2.75, 3.05) is 25.0 Å². The molecule has 1 atom stereocenters. The molecule has 0 fully saturated rings. The number of rotatable bonds is 8. The summed E-state index contributed by atoms with van der Waals surface area (Å²) in [6.07, 6.45) is 2.21. The fourth-order valence-corrected chi connectivity index (χ4v) is 1.80. The van der Waals surface area contributed by atoms with Gasteiger partial charge in [0.15, 0.2) is 0 Å². The number of para-hydroxylation sites is 1. The molecule has 4 heteroatoms. The summed E-state index contributed by atoms with van der Waals surface area (Å²) in [4.78, 5) is 13.7. The van der Waals surface area contributed by atoms with Gasteiger partial charge in [-0.2, -0.15) is 0 Å². The molecule has 0 heterocycles. The van der Waals surface area contributed by atoms with Crippen LogP contribution >= 0.6 is 0 Å². The minimum Gasteiger partial charge on any atom is -0.375 e. The summed E-state index contributed by atoms with van der Waals surface area (Å²) >= 11 is 0. The molecular weight excluding hydrogens is 238 g/mol.